The van der Waals surface area contributed by atoms with E-state index in [4.69, 9.17) is 4.74 Å². The average molecular weight is 213 g/mol. The Morgan fingerprint density at radius 1 is 1.27 bits per heavy atom. The van der Waals surface area contributed by atoms with Crippen LogP contribution >= 0.6 is 0 Å². The zero-order valence-corrected chi connectivity index (χ0v) is 10.5. The topological polar surface area (TPSA) is 21.3 Å². The monoisotopic (exact) mass is 213 g/mol. The molecule has 2 heteroatoms. The quantitative estimate of drug-likeness (QED) is 0.626. The molecule has 0 aromatic carbocycles. The molecule has 1 N–H and O–H groups in total. The maximum Gasteiger partial charge on any atom is 0.0587 e. The molecule has 0 spiro atoms. The first-order valence-electron chi connectivity index (χ1n) is 6.53. The number of ether oxygens (including phenoxy) is 1. The number of hydrogen-bond acceptors (Lipinski definition) is 2. The largest absolute Gasteiger partial charge is 0.383 e. The molecule has 0 heterocycles. The molecule has 1 aliphatic carbocycles. The van der Waals surface area contributed by atoms with E-state index in [2.05, 4.69) is 12.2 Å². The second-order valence-electron chi connectivity index (χ2n) is 4.98. The van der Waals surface area contributed by atoms with Crippen molar-refractivity contribution in [2.24, 2.45) is 5.41 Å². The number of nitrogens with one attached hydrogen (secondary N) is 1. The molecule has 0 aliphatic heterocycles. The predicted octanol–water partition coefficient (Wildman–Crippen LogP) is 2.97. The summed E-state index contributed by atoms with van der Waals surface area (Å²) in [6, 6.07) is 0. The van der Waals surface area contributed by atoms with Crippen LogP contribution in [0, 0.1) is 5.41 Å². The van der Waals surface area contributed by atoms with Gasteiger partial charge in [0.05, 0.1) is 6.61 Å². The molecular formula is C13H27NO. The van der Waals surface area contributed by atoms with Crippen LogP contribution in [0.25, 0.3) is 0 Å². The summed E-state index contributed by atoms with van der Waals surface area (Å²) in [7, 11) is 1.77. The maximum atomic E-state index is 5.06. The van der Waals surface area contributed by atoms with E-state index in [1.807, 2.05) is 0 Å². The summed E-state index contributed by atoms with van der Waals surface area (Å²) in [5.74, 6) is 0. The van der Waals surface area contributed by atoms with Crippen LogP contribution in [0.15, 0.2) is 0 Å². The Labute approximate surface area is 94.8 Å². The van der Waals surface area contributed by atoms with Crippen LogP contribution in [0.2, 0.25) is 0 Å². The van der Waals surface area contributed by atoms with Crippen molar-refractivity contribution in [1.29, 1.82) is 0 Å². The van der Waals surface area contributed by atoms with Gasteiger partial charge in [0, 0.05) is 20.2 Å². The first-order valence-corrected chi connectivity index (χ1v) is 6.53. The molecular weight excluding hydrogens is 186 g/mol. The lowest BCUT2D eigenvalue weighted by molar-refractivity contribution is 0.186. The summed E-state index contributed by atoms with van der Waals surface area (Å²) >= 11 is 0. The van der Waals surface area contributed by atoms with E-state index in [0.29, 0.717) is 5.41 Å². The molecule has 0 amide bonds. The van der Waals surface area contributed by atoms with Gasteiger partial charge in [0.25, 0.3) is 0 Å². The molecule has 1 saturated carbocycles. The maximum absolute atomic E-state index is 5.06. The molecule has 0 aromatic rings. The van der Waals surface area contributed by atoms with Crippen molar-refractivity contribution in [3.8, 4) is 0 Å². The first-order chi connectivity index (χ1) is 7.33. The van der Waals surface area contributed by atoms with E-state index in [0.717, 1.165) is 13.2 Å². The number of rotatable bonds is 8. The summed E-state index contributed by atoms with van der Waals surface area (Å²) < 4.78 is 5.06. The lowest BCUT2D eigenvalue weighted by atomic mass is 9.81. The van der Waals surface area contributed by atoms with E-state index in [-0.39, 0.29) is 0 Å². The molecule has 1 fully saturated rings. The van der Waals surface area contributed by atoms with Crippen molar-refractivity contribution in [3.05, 3.63) is 0 Å². The van der Waals surface area contributed by atoms with Gasteiger partial charge in [-0.15, -0.1) is 0 Å². The average Bonchev–Trinajstić information content (AvgIpc) is 2.71. The molecule has 15 heavy (non-hydrogen) atoms. The fraction of sp³-hybridized carbons (Fsp3) is 1.00. The van der Waals surface area contributed by atoms with Gasteiger partial charge in [0.2, 0.25) is 0 Å². The third-order valence-corrected chi connectivity index (χ3v) is 3.71. The van der Waals surface area contributed by atoms with Gasteiger partial charge in [-0.1, -0.05) is 32.6 Å². The Morgan fingerprint density at radius 3 is 2.60 bits per heavy atom. The van der Waals surface area contributed by atoms with Crippen LogP contribution < -0.4 is 5.32 Å². The Hall–Kier alpha value is -0.0800. The fourth-order valence-corrected chi connectivity index (χ4v) is 2.72. The minimum absolute atomic E-state index is 0.629. The molecule has 0 unspecified atom stereocenters. The zero-order valence-electron chi connectivity index (χ0n) is 10.5. The normalized spacial score (nSPS) is 19.6. The molecule has 1 rings (SSSR count). The fourth-order valence-electron chi connectivity index (χ4n) is 2.72. The number of hydrogen-bond donors (Lipinski definition) is 1. The van der Waals surface area contributed by atoms with Crippen LogP contribution in [0.3, 0.4) is 0 Å². The van der Waals surface area contributed by atoms with Gasteiger partial charge in [-0.25, -0.2) is 0 Å². The molecule has 1 aliphatic rings. The molecule has 0 atom stereocenters. The smallest absolute Gasteiger partial charge is 0.0587 e. The Bertz CT molecular complexity index is 153. The van der Waals surface area contributed by atoms with Crippen LogP contribution in [-0.4, -0.2) is 26.8 Å². The van der Waals surface area contributed by atoms with Crippen LogP contribution in [-0.2, 0) is 4.74 Å². The molecule has 0 bridgehead atoms. The summed E-state index contributed by atoms with van der Waals surface area (Å²) in [6.45, 7) is 5.34. The van der Waals surface area contributed by atoms with Crippen LogP contribution in [0.5, 0.6) is 0 Å². The first kappa shape index (κ1) is 13.0. The zero-order chi connectivity index (χ0) is 11.0. The molecule has 90 valence electrons. The highest BCUT2D eigenvalue weighted by Crippen LogP contribution is 2.41. The van der Waals surface area contributed by atoms with Crippen molar-refractivity contribution in [2.45, 2.75) is 51.9 Å². The Kier molecular flexibility index (Phi) is 6.26. The summed E-state index contributed by atoms with van der Waals surface area (Å²) in [4.78, 5) is 0. The van der Waals surface area contributed by atoms with Gasteiger partial charge >= 0.3 is 0 Å². The van der Waals surface area contributed by atoms with Crippen LogP contribution in [0.1, 0.15) is 51.9 Å². The molecule has 0 saturated heterocycles. The second kappa shape index (κ2) is 7.24. The van der Waals surface area contributed by atoms with Crippen molar-refractivity contribution >= 4 is 0 Å². The third kappa shape index (κ3) is 4.52. The van der Waals surface area contributed by atoms with Crippen molar-refractivity contribution < 1.29 is 4.74 Å². The summed E-state index contributed by atoms with van der Waals surface area (Å²) in [5, 5.41) is 3.55. The molecule has 0 aromatic heterocycles. The number of methoxy groups -OCH3 is 1. The van der Waals surface area contributed by atoms with Gasteiger partial charge in [-0.3, -0.25) is 0 Å². The SMILES string of the molecule is CCCCC1(CNCCOC)CCCC1. The van der Waals surface area contributed by atoms with Crippen molar-refractivity contribution in [1.82, 2.24) is 5.32 Å². The standard InChI is InChI=1S/C13H27NO/c1-3-4-7-13(8-5-6-9-13)12-14-10-11-15-2/h14H,3-12H2,1-2H3. The van der Waals surface area contributed by atoms with Gasteiger partial charge in [0.1, 0.15) is 0 Å². The van der Waals surface area contributed by atoms with E-state index in [1.54, 1.807) is 7.11 Å². The van der Waals surface area contributed by atoms with Crippen molar-refractivity contribution in [2.75, 3.05) is 26.8 Å². The Balaban J connectivity index is 2.23. The van der Waals surface area contributed by atoms with E-state index < -0.39 is 0 Å². The van der Waals surface area contributed by atoms with Gasteiger partial charge in [-0.2, -0.15) is 0 Å². The highest BCUT2D eigenvalue weighted by atomic mass is 16.5. The van der Waals surface area contributed by atoms with Gasteiger partial charge in [0.15, 0.2) is 0 Å². The molecule has 2 nitrogen and oxygen atoms in total. The lowest BCUT2D eigenvalue weighted by Gasteiger charge is -2.29. The highest BCUT2D eigenvalue weighted by molar-refractivity contribution is 4.86. The molecule has 0 radical (unpaired) electrons. The predicted molar refractivity (Wildman–Crippen MR) is 65.2 cm³/mol. The van der Waals surface area contributed by atoms with E-state index in [9.17, 15) is 0 Å². The van der Waals surface area contributed by atoms with Crippen molar-refractivity contribution in [3.63, 3.8) is 0 Å². The second-order valence-corrected chi connectivity index (χ2v) is 4.98. The van der Waals surface area contributed by atoms with Gasteiger partial charge < -0.3 is 10.1 Å². The van der Waals surface area contributed by atoms with E-state index >= 15 is 0 Å². The Morgan fingerprint density at radius 2 is 2.00 bits per heavy atom. The minimum atomic E-state index is 0.629. The number of unbranched alkanes of at least 4 members (excludes halogenated alkanes) is 1. The third-order valence-electron chi connectivity index (χ3n) is 3.71. The van der Waals surface area contributed by atoms with Gasteiger partial charge in [-0.05, 0) is 24.7 Å². The highest BCUT2D eigenvalue weighted by Gasteiger charge is 2.32. The minimum Gasteiger partial charge on any atom is -0.383 e. The summed E-state index contributed by atoms with van der Waals surface area (Å²) in [5.41, 5.74) is 0.629. The van der Waals surface area contributed by atoms with Crippen LogP contribution in [0.4, 0.5) is 0 Å². The van der Waals surface area contributed by atoms with E-state index in [1.165, 1.54) is 51.5 Å². The summed E-state index contributed by atoms with van der Waals surface area (Å²) in [6.07, 6.45) is 9.90. The lowest BCUT2D eigenvalue weighted by Crippen LogP contribution is -2.33.